The first-order chi connectivity index (χ1) is 8.45. The van der Waals surface area contributed by atoms with E-state index < -0.39 is 0 Å². The van der Waals surface area contributed by atoms with Crippen molar-refractivity contribution in [1.82, 2.24) is 9.97 Å². The molecule has 0 amide bonds. The van der Waals surface area contributed by atoms with Crippen molar-refractivity contribution >= 4 is 5.82 Å². The molecule has 2 rings (SSSR count). The maximum Gasteiger partial charge on any atom is 0.135 e. The average Bonchev–Trinajstić information content (AvgIpc) is 2.27. The zero-order valence-corrected chi connectivity index (χ0v) is 11.2. The molecule has 2 heterocycles. The number of nitrogens with one attached hydrogen (secondary N) is 1. The number of rotatable bonds is 4. The lowest BCUT2D eigenvalue weighted by molar-refractivity contribution is -0.128. The Morgan fingerprint density at radius 1 is 1.44 bits per heavy atom. The Labute approximate surface area is 108 Å². The minimum atomic E-state index is -0.146. The summed E-state index contributed by atoms with van der Waals surface area (Å²) in [4.78, 5) is 8.78. The van der Waals surface area contributed by atoms with Crippen molar-refractivity contribution in [3.05, 3.63) is 18.1 Å². The number of aromatic nitrogens is 2. The summed E-state index contributed by atoms with van der Waals surface area (Å²) in [5, 5.41) is 12.6. The Balaban J connectivity index is 2.01. The Kier molecular flexibility index (Phi) is 3.54. The van der Waals surface area contributed by atoms with Crippen LogP contribution in [0.2, 0.25) is 0 Å². The second kappa shape index (κ2) is 4.82. The van der Waals surface area contributed by atoms with E-state index in [0.29, 0.717) is 19.8 Å². The molecule has 0 spiro atoms. The van der Waals surface area contributed by atoms with Crippen LogP contribution in [0.25, 0.3) is 0 Å². The van der Waals surface area contributed by atoms with Gasteiger partial charge in [-0.15, -0.1) is 0 Å². The Morgan fingerprint density at radius 2 is 2.17 bits per heavy atom. The van der Waals surface area contributed by atoms with E-state index in [9.17, 15) is 5.11 Å². The van der Waals surface area contributed by atoms with Gasteiger partial charge in [0.05, 0.1) is 25.2 Å². The zero-order chi connectivity index (χ0) is 13.2. The first-order valence-electron chi connectivity index (χ1n) is 6.21. The molecule has 0 radical (unpaired) electrons. The topological polar surface area (TPSA) is 67.3 Å². The maximum absolute atomic E-state index is 9.35. The van der Waals surface area contributed by atoms with Gasteiger partial charge in [0.1, 0.15) is 11.6 Å². The van der Waals surface area contributed by atoms with Crippen LogP contribution in [0.5, 0.6) is 0 Å². The third-order valence-corrected chi connectivity index (χ3v) is 3.12. The van der Waals surface area contributed by atoms with E-state index in [4.69, 9.17) is 4.74 Å². The van der Waals surface area contributed by atoms with Crippen LogP contribution in [0.3, 0.4) is 0 Å². The molecule has 1 fully saturated rings. The van der Waals surface area contributed by atoms with Gasteiger partial charge >= 0.3 is 0 Å². The fraction of sp³-hybridized carbons (Fsp3) is 0.692. The first-order valence-corrected chi connectivity index (χ1v) is 6.21. The van der Waals surface area contributed by atoms with Gasteiger partial charge < -0.3 is 15.2 Å². The van der Waals surface area contributed by atoms with Crippen LogP contribution in [0.15, 0.2) is 12.3 Å². The Morgan fingerprint density at radius 3 is 2.67 bits per heavy atom. The van der Waals surface area contributed by atoms with Crippen LogP contribution in [-0.4, -0.2) is 41.4 Å². The van der Waals surface area contributed by atoms with E-state index in [0.717, 1.165) is 11.6 Å². The van der Waals surface area contributed by atoms with E-state index in [1.165, 1.54) is 0 Å². The van der Waals surface area contributed by atoms with Gasteiger partial charge in [-0.3, -0.25) is 0 Å². The van der Waals surface area contributed by atoms with Crippen molar-refractivity contribution in [2.75, 3.05) is 31.7 Å². The summed E-state index contributed by atoms with van der Waals surface area (Å²) < 4.78 is 5.16. The second-order valence-corrected chi connectivity index (χ2v) is 6.02. The van der Waals surface area contributed by atoms with Crippen molar-refractivity contribution in [1.29, 1.82) is 0 Å². The molecule has 0 aromatic carbocycles. The van der Waals surface area contributed by atoms with Gasteiger partial charge in [0.15, 0.2) is 0 Å². The minimum absolute atomic E-state index is 0.0636. The average molecular weight is 251 g/mol. The summed E-state index contributed by atoms with van der Waals surface area (Å²) in [7, 11) is 0. The van der Waals surface area contributed by atoms with Crippen LogP contribution >= 0.6 is 0 Å². The van der Waals surface area contributed by atoms with Crippen LogP contribution in [-0.2, 0) is 10.2 Å². The predicted molar refractivity (Wildman–Crippen MR) is 69.6 cm³/mol. The second-order valence-electron chi connectivity index (χ2n) is 6.02. The monoisotopic (exact) mass is 251 g/mol. The highest BCUT2D eigenvalue weighted by atomic mass is 16.5. The summed E-state index contributed by atoms with van der Waals surface area (Å²) >= 11 is 0. The molecule has 5 nitrogen and oxygen atoms in total. The number of hydrogen-bond donors (Lipinski definition) is 2. The number of ether oxygens (including phenoxy) is 1. The van der Waals surface area contributed by atoms with Gasteiger partial charge in [-0.05, 0) is 6.07 Å². The highest BCUT2D eigenvalue weighted by Gasteiger charge is 2.37. The van der Waals surface area contributed by atoms with Gasteiger partial charge in [-0.25, -0.2) is 9.97 Å². The lowest BCUT2D eigenvalue weighted by Crippen LogP contribution is -2.50. The molecule has 0 unspecified atom stereocenters. The molecule has 1 aliphatic rings. The molecule has 0 aliphatic carbocycles. The molecule has 0 atom stereocenters. The van der Waals surface area contributed by atoms with Gasteiger partial charge in [-0.1, -0.05) is 20.8 Å². The van der Waals surface area contributed by atoms with Gasteiger partial charge in [0, 0.05) is 18.2 Å². The molecule has 0 bridgehead atoms. The summed E-state index contributed by atoms with van der Waals surface area (Å²) in [5.74, 6) is 1.62. The standard InChI is InChI=1S/C13H21N3O2/c1-12(2,3)11-14-5-4-10(16-11)15-6-13(7-17)8-18-9-13/h4-5,17H,6-9H2,1-3H3,(H,14,15,16). The van der Waals surface area contributed by atoms with Crippen molar-refractivity contribution in [2.24, 2.45) is 5.41 Å². The van der Waals surface area contributed by atoms with E-state index >= 15 is 0 Å². The molecule has 1 saturated heterocycles. The van der Waals surface area contributed by atoms with Gasteiger partial charge in [0.25, 0.3) is 0 Å². The normalized spacial score (nSPS) is 18.2. The van der Waals surface area contributed by atoms with E-state index in [1.54, 1.807) is 6.20 Å². The van der Waals surface area contributed by atoms with E-state index in [2.05, 4.69) is 36.1 Å². The van der Waals surface area contributed by atoms with Gasteiger partial charge in [-0.2, -0.15) is 0 Å². The minimum Gasteiger partial charge on any atom is -0.396 e. The molecular weight excluding hydrogens is 230 g/mol. The molecule has 1 aromatic rings. The van der Waals surface area contributed by atoms with Crippen molar-refractivity contribution in [3.8, 4) is 0 Å². The molecule has 2 N–H and O–H groups in total. The predicted octanol–water partition coefficient (Wildman–Crippen LogP) is 1.19. The smallest absolute Gasteiger partial charge is 0.135 e. The SMILES string of the molecule is CC(C)(C)c1nccc(NCC2(CO)COC2)n1. The molecular formula is C13H21N3O2. The van der Waals surface area contributed by atoms with Crippen molar-refractivity contribution in [3.63, 3.8) is 0 Å². The molecule has 100 valence electrons. The van der Waals surface area contributed by atoms with Crippen LogP contribution < -0.4 is 5.32 Å². The molecule has 1 aromatic heterocycles. The van der Waals surface area contributed by atoms with Gasteiger partial charge in [0.2, 0.25) is 0 Å². The fourth-order valence-electron chi connectivity index (χ4n) is 1.74. The number of hydrogen-bond acceptors (Lipinski definition) is 5. The van der Waals surface area contributed by atoms with Crippen molar-refractivity contribution in [2.45, 2.75) is 26.2 Å². The number of anilines is 1. The van der Waals surface area contributed by atoms with Crippen molar-refractivity contribution < 1.29 is 9.84 Å². The number of aliphatic hydroxyl groups excluding tert-OH is 1. The third-order valence-electron chi connectivity index (χ3n) is 3.12. The van der Waals surface area contributed by atoms with Crippen LogP contribution in [0.1, 0.15) is 26.6 Å². The fourth-order valence-corrected chi connectivity index (χ4v) is 1.74. The maximum atomic E-state index is 9.35. The summed E-state index contributed by atoms with van der Waals surface area (Å²) in [6.07, 6.45) is 1.76. The summed E-state index contributed by atoms with van der Waals surface area (Å²) in [5.41, 5.74) is -0.210. The van der Waals surface area contributed by atoms with Crippen LogP contribution in [0, 0.1) is 5.41 Å². The lowest BCUT2D eigenvalue weighted by atomic mass is 9.87. The Bertz CT molecular complexity index is 405. The Hall–Kier alpha value is -1.20. The highest BCUT2D eigenvalue weighted by Crippen LogP contribution is 2.27. The summed E-state index contributed by atoms with van der Waals surface area (Å²) in [6.45, 7) is 8.27. The molecule has 5 heteroatoms. The molecule has 1 aliphatic heterocycles. The number of nitrogens with zero attached hydrogens (tertiary/aromatic N) is 2. The van der Waals surface area contributed by atoms with E-state index in [1.807, 2.05) is 6.07 Å². The zero-order valence-electron chi connectivity index (χ0n) is 11.2. The summed E-state index contributed by atoms with van der Waals surface area (Å²) in [6, 6.07) is 1.85. The quantitative estimate of drug-likeness (QED) is 0.841. The van der Waals surface area contributed by atoms with E-state index in [-0.39, 0.29) is 17.4 Å². The van der Waals surface area contributed by atoms with Crippen LogP contribution in [0.4, 0.5) is 5.82 Å². The highest BCUT2D eigenvalue weighted by molar-refractivity contribution is 5.34. The third kappa shape index (κ3) is 2.79. The number of aliphatic hydroxyl groups is 1. The lowest BCUT2D eigenvalue weighted by Gasteiger charge is -2.39. The largest absolute Gasteiger partial charge is 0.396 e. The molecule has 0 saturated carbocycles. The first kappa shape index (κ1) is 13.2. The molecule has 18 heavy (non-hydrogen) atoms.